The Morgan fingerprint density at radius 2 is 2.35 bits per heavy atom. The van der Waals surface area contributed by atoms with Gasteiger partial charge in [0.05, 0.1) is 11.7 Å². The number of nitrogens with one attached hydrogen (secondary N) is 2. The Kier molecular flexibility index (Phi) is 3.47. The maximum atomic E-state index is 12.2. The Hall–Kier alpha value is -2.21. The average molecular weight is 271 g/mol. The molecule has 6 heteroatoms. The molecule has 0 radical (unpaired) electrons. The fourth-order valence-corrected chi connectivity index (χ4v) is 2.42. The molecule has 2 aromatic heterocycles. The lowest BCUT2D eigenvalue weighted by Crippen LogP contribution is -2.35. The molecule has 6 nitrogen and oxygen atoms in total. The molecule has 0 aliphatic carbocycles. The maximum absolute atomic E-state index is 12.2. The fourth-order valence-electron chi connectivity index (χ4n) is 2.42. The number of carbonyl (C=O) groups is 1. The molecule has 104 valence electrons. The summed E-state index contributed by atoms with van der Waals surface area (Å²) < 4.78 is 1.86. The Bertz CT molecular complexity index is 616. The summed E-state index contributed by atoms with van der Waals surface area (Å²) in [6.07, 6.45) is 7.18. The van der Waals surface area contributed by atoms with E-state index in [-0.39, 0.29) is 11.9 Å². The van der Waals surface area contributed by atoms with Gasteiger partial charge in [0, 0.05) is 18.6 Å². The predicted octanol–water partition coefficient (Wildman–Crippen LogP) is 1.27. The molecule has 1 aliphatic heterocycles. The summed E-state index contributed by atoms with van der Waals surface area (Å²) in [5.41, 5.74) is 0.701. The summed E-state index contributed by atoms with van der Waals surface area (Å²) in [5, 5.41) is 6.15. The van der Waals surface area contributed by atoms with Crippen molar-refractivity contribution in [1.29, 1.82) is 0 Å². The van der Waals surface area contributed by atoms with Crippen LogP contribution in [0, 0.1) is 6.92 Å². The van der Waals surface area contributed by atoms with Gasteiger partial charge in [-0.3, -0.25) is 9.36 Å². The van der Waals surface area contributed by atoms with Crippen LogP contribution in [-0.2, 0) is 4.79 Å². The van der Waals surface area contributed by atoms with Crippen molar-refractivity contribution in [2.24, 2.45) is 0 Å². The van der Waals surface area contributed by atoms with Crippen LogP contribution < -0.4 is 10.6 Å². The molecule has 3 heterocycles. The van der Waals surface area contributed by atoms with Crippen molar-refractivity contribution in [3.05, 3.63) is 36.5 Å². The monoisotopic (exact) mass is 271 g/mol. The largest absolute Gasteiger partial charge is 0.322 e. The summed E-state index contributed by atoms with van der Waals surface area (Å²) in [7, 11) is 0. The molecular formula is C14H17N5O. The number of aromatic nitrogens is 3. The number of rotatable bonds is 3. The maximum Gasteiger partial charge on any atom is 0.241 e. The van der Waals surface area contributed by atoms with Gasteiger partial charge in [0.1, 0.15) is 5.82 Å². The molecule has 1 fully saturated rings. The molecule has 0 spiro atoms. The molecule has 0 bridgehead atoms. The number of hydrogen-bond donors (Lipinski definition) is 2. The van der Waals surface area contributed by atoms with Crippen LogP contribution in [-0.4, -0.2) is 33.0 Å². The minimum Gasteiger partial charge on any atom is -0.322 e. The molecule has 2 N–H and O–H groups in total. The van der Waals surface area contributed by atoms with E-state index in [0.29, 0.717) is 11.5 Å². The van der Waals surface area contributed by atoms with Gasteiger partial charge in [-0.05, 0) is 38.4 Å². The zero-order chi connectivity index (χ0) is 13.9. The number of carbonyl (C=O) groups excluding carboxylic acids is 1. The number of imidazole rings is 1. The van der Waals surface area contributed by atoms with Crippen LogP contribution >= 0.6 is 0 Å². The summed E-state index contributed by atoms with van der Waals surface area (Å²) in [5.74, 6) is 1.52. The molecular weight excluding hydrogens is 254 g/mol. The van der Waals surface area contributed by atoms with Gasteiger partial charge in [0.15, 0.2) is 5.82 Å². The molecule has 20 heavy (non-hydrogen) atoms. The summed E-state index contributed by atoms with van der Waals surface area (Å²) in [6, 6.07) is 3.56. The Morgan fingerprint density at radius 1 is 1.45 bits per heavy atom. The van der Waals surface area contributed by atoms with Gasteiger partial charge < -0.3 is 10.6 Å². The van der Waals surface area contributed by atoms with Gasteiger partial charge in [-0.2, -0.15) is 0 Å². The Labute approximate surface area is 117 Å². The van der Waals surface area contributed by atoms with Gasteiger partial charge in [-0.1, -0.05) is 0 Å². The van der Waals surface area contributed by atoms with Crippen molar-refractivity contribution in [2.75, 3.05) is 11.9 Å². The molecule has 1 aliphatic rings. The van der Waals surface area contributed by atoms with Crippen molar-refractivity contribution in [3.8, 4) is 5.82 Å². The fraction of sp³-hybridized carbons (Fsp3) is 0.357. The van der Waals surface area contributed by atoms with E-state index in [4.69, 9.17) is 0 Å². The van der Waals surface area contributed by atoms with E-state index in [1.165, 1.54) is 0 Å². The highest BCUT2D eigenvalue weighted by atomic mass is 16.2. The second-order valence-electron chi connectivity index (χ2n) is 4.86. The number of aryl methyl sites for hydroxylation is 1. The van der Waals surface area contributed by atoms with Crippen LogP contribution in [0.2, 0.25) is 0 Å². The highest BCUT2D eigenvalue weighted by Gasteiger charge is 2.23. The highest BCUT2D eigenvalue weighted by Crippen LogP contribution is 2.19. The normalized spacial score (nSPS) is 18.1. The van der Waals surface area contributed by atoms with Crippen LogP contribution in [0.25, 0.3) is 5.82 Å². The predicted molar refractivity (Wildman–Crippen MR) is 75.8 cm³/mol. The van der Waals surface area contributed by atoms with Crippen LogP contribution in [0.3, 0.4) is 0 Å². The third-order valence-electron chi connectivity index (χ3n) is 3.48. The minimum absolute atomic E-state index is 0.00508. The number of pyridine rings is 1. The molecule has 0 unspecified atom stereocenters. The number of amides is 1. The van der Waals surface area contributed by atoms with Crippen molar-refractivity contribution in [1.82, 2.24) is 19.9 Å². The van der Waals surface area contributed by atoms with E-state index in [1.807, 2.05) is 29.8 Å². The molecule has 2 aromatic rings. The molecule has 0 aromatic carbocycles. The van der Waals surface area contributed by atoms with Crippen molar-refractivity contribution >= 4 is 11.6 Å². The summed E-state index contributed by atoms with van der Waals surface area (Å²) in [6.45, 7) is 2.80. The zero-order valence-corrected chi connectivity index (χ0v) is 11.3. The first-order valence-corrected chi connectivity index (χ1v) is 6.75. The van der Waals surface area contributed by atoms with Crippen LogP contribution in [0.4, 0.5) is 5.69 Å². The quantitative estimate of drug-likeness (QED) is 0.881. The van der Waals surface area contributed by atoms with Gasteiger partial charge in [0.25, 0.3) is 0 Å². The van der Waals surface area contributed by atoms with E-state index >= 15 is 0 Å². The lowest BCUT2D eigenvalue weighted by atomic mass is 10.2. The second kappa shape index (κ2) is 5.42. The van der Waals surface area contributed by atoms with Crippen LogP contribution in [0.1, 0.15) is 18.7 Å². The number of anilines is 1. The lowest BCUT2D eigenvalue weighted by molar-refractivity contribution is -0.117. The first-order chi connectivity index (χ1) is 9.75. The van der Waals surface area contributed by atoms with Gasteiger partial charge in [-0.15, -0.1) is 0 Å². The van der Waals surface area contributed by atoms with Crippen LogP contribution in [0.15, 0.2) is 30.7 Å². The number of nitrogens with zero attached hydrogens (tertiary/aromatic N) is 3. The van der Waals surface area contributed by atoms with E-state index in [0.717, 1.165) is 25.2 Å². The SMILES string of the molecule is Cc1nccn1-c1ncccc1NC(=O)[C@@H]1CCCN1. The molecule has 1 atom stereocenters. The molecule has 1 saturated heterocycles. The third-order valence-corrected chi connectivity index (χ3v) is 3.48. The lowest BCUT2D eigenvalue weighted by Gasteiger charge is -2.14. The first kappa shape index (κ1) is 12.8. The standard InChI is InChI=1S/C14H17N5O/c1-10-15-8-9-19(10)13-11(4-2-7-17-13)18-14(20)12-5-3-6-16-12/h2,4,7-9,12,16H,3,5-6H2,1H3,(H,18,20)/t12-/m0/s1. The van der Waals surface area contributed by atoms with Gasteiger partial charge in [-0.25, -0.2) is 9.97 Å². The van der Waals surface area contributed by atoms with Gasteiger partial charge >= 0.3 is 0 Å². The topological polar surface area (TPSA) is 71.8 Å². The van der Waals surface area contributed by atoms with Crippen molar-refractivity contribution < 1.29 is 4.79 Å². The Morgan fingerprint density at radius 3 is 3.05 bits per heavy atom. The Balaban J connectivity index is 1.86. The minimum atomic E-state index is -0.105. The van der Waals surface area contributed by atoms with Gasteiger partial charge in [0.2, 0.25) is 5.91 Å². The van der Waals surface area contributed by atoms with E-state index in [1.54, 1.807) is 12.4 Å². The molecule has 3 rings (SSSR count). The smallest absolute Gasteiger partial charge is 0.241 e. The zero-order valence-electron chi connectivity index (χ0n) is 11.3. The van der Waals surface area contributed by atoms with E-state index in [9.17, 15) is 4.79 Å². The highest BCUT2D eigenvalue weighted by molar-refractivity contribution is 5.96. The third kappa shape index (κ3) is 2.42. The number of hydrogen-bond acceptors (Lipinski definition) is 4. The van der Waals surface area contributed by atoms with Crippen LogP contribution in [0.5, 0.6) is 0 Å². The molecule has 0 saturated carbocycles. The average Bonchev–Trinajstić information content (AvgIpc) is 3.10. The summed E-state index contributed by atoms with van der Waals surface area (Å²) >= 11 is 0. The summed E-state index contributed by atoms with van der Waals surface area (Å²) in [4.78, 5) is 20.7. The molecule has 1 amide bonds. The van der Waals surface area contributed by atoms with E-state index < -0.39 is 0 Å². The second-order valence-corrected chi connectivity index (χ2v) is 4.86. The first-order valence-electron chi connectivity index (χ1n) is 6.75. The van der Waals surface area contributed by atoms with Crippen molar-refractivity contribution in [3.63, 3.8) is 0 Å². The van der Waals surface area contributed by atoms with Crippen molar-refractivity contribution in [2.45, 2.75) is 25.8 Å². The van der Waals surface area contributed by atoms with E-state index in [2.05, 4.69) is 20.6 Å².